The van der Waals surface area contributed by atoms with Gasteiger partial charge in [-0.05, 0) is 105 Å². The molecule has 364 valence electrons. The van der Waals surface area contributed by atoms with Crippen LogP contribution >= 0.6 is 11.3 Å². The monoisotopic (exact) mass is 986 g/mol. The predicted octanol–water partition coefficient (Wildman–Crippen LogP) is 20.2. The molecule has 5 heteroatoms. The Morgan fingerprint density at radius 3 is 1.00 bits per heavy atom. The second-order valence-corrected chi connectivity index (χ2v) is 22.5. The second kappa shape index (κ2) is 19.3. The molecule has 0 amide bonds. The van der Waals surface area contributed by atoms with Gasteiger partial charge in [0.15, 0.2) is 0 Å². The number of para-hydroxylation sites is 2. The molecule has 0 N–H and O–H groups in total. The Kier molecular flexibility index (Phi) is 12.2. The van der Waals surface area contributed by atoms with Crippen molar-refractivity contribution < 1.29 is 0 Å². The van der Waals surface area contributed by atoms with Gasteiger partial charge in [0.25, 0.3) is 0 Å². The van der Waals surface area contributed by atoms with E-state index in [9.17, 15) is 0 Å². The molecule has 2 aromatic heterocycles. The van der Waals surface area contributed by atoms with Gasteiger partial charge in [0.2, 0.25) is 0 Å². The predicted molar refractivity (Wildman–Crippen MR) is 321 cm³/mol. The van der Waals surface area contributed by atoms with Crippen LogP contribution in [0.25, 0.3) is 76.0 Å². The van der Waals surface area contributed by atoms with Gasteiger partial charge in [-0.1, -0.05) is 224 Å². The minimum atomic E-state index is 0.0241. The van der Waals surface area contributed by atoms with Crippen molar-refractivity contribution in [1.82, 2.24) is 9.97 Å². The van der Waals surface area contributed by atoms with E-state index in [1.807, 2.05) is 0 Å². The van der Waals surface area contributed by atoms with E-state index in [4.69, 9.17) is 9.97 Å². The summed E-state index contributed by atoms with van der Waals surface area (Å²) in [5.41, 5.74) is 16.8. The van der Waals surface area contributed by atoms with Crippen LogP contribution in [0, 0.1) is 0 Å². The number of aromatic nitrogens is 2. The molecule has 0 aliphatic carbocycles. The van der Waals surface area contributed by atoms with Gasteiger partial charge in [-0.15, -0.1) is 11.3 Å². The quantitative estimate of drug-likeness (QED) is 0.137. The summed E-state index contributed by atoms with van der Waals surface area (Å²) in [6.45, 7) is 13.6. The van der Waals surface area contributed by atoms with Gasteiger partial charge in [-0.25, -0.2) is 9.97 Å². The highest BCUT2D eigenvalue weighted by molar-refractivity contribution is 7.20. The summed E-state index contributed by atoms with van der Waals surface area (Å²) < 4.78 is 0. The van der Waals surface area contributed by atoms with Gasteiger partial charge in [-0.2, -0.15) is 0 Å². The zero-order valence-electron chi connectivity index (χ0n) is 43.3. The fraction of sp³-hybridized carbons (Fsp3) is 0.114. The molecule has 0 atom stereocenters. The Morgan fingerprint density at radius 1 is 0.307 bits per heavy atom. The van der Waals surface area contributed by atoms with Crippen LogP contribution in [0.5, 0.6) is 0 Å². The van der Waals surface area contributed by atoms with Crippen molar-refractivity contribution in [2.24, 2.45) is 0 Å². The van der Waals surface area contributed by atoms with E-state index in [-0.39, 0.29) is 10.8 Å². The third-order valence-electron chi connectivity index (χ3n) is 14.4. The maximum absolute atomic E-state index is 5.81. The summed E-state index contributed by atoms with van der Waals surface area (Å²) in [5, 5.41) is 4.76. The molecule has 0 fully saturated rings. The van der Waals surface area contributed by atoms with Crippen molar-refractivity contribution in [3.63, 3.8) is 0 Å². The molecular formula is C70H58N4S. The van der Waals surface area contributed by atoms with E-state index in [1.54, 1.807) is 11.3 Å². The topological polar surface area (TPSA) is 32.3 Å². The number of nitrogens with zero attached hydrogens (tertiary/aromatic N) is 4. The van der Waals surface area contributed by atoms with E-state index in [2.05, 4.69) is 294 Å². The Morgan fingerprint density at radius 2 is 0.627 bits per heavy atom. The molecule has 4 nitrogen and oxygen atoms in total. The lowest BCUT2D eigenvalue weighted by molar-refractivity contribution is 0.590. The molecule has 75 heavy (non-hydrogen) atoms. The molecule has 0 bridgehead atoms. The van der Waals surface area contributed by atoms with Gasteiger partial charge in [0.05, 0.1) is 32.5 Å². The van der Waals surface area contributed by atoms with E-state index in [0.717, 1.165) is 88.6 Å². The zero-order valence-corrected chi connectivity index (χ0v) is 44.1. The molecule has 0 aliphatic heterocycles. The van der Waals surface area contributed by atoms with Crippen LogP contribution in [0.15, 0.2) is 243 Å². The standard InChI is InChI=1S/C70H58N4S/c1-69(2,3)53-39-31-51(32-40-53)67-65-66(68(75-67)52-33-41-54(42-34-52)70(4,5)6)72-64(50-37-45-58(46-38-50)74(56-25-11-8-12-26-56)62-30-18-22-48-20-14-16-28-60(48)62)63(71-65)49-35-43-57(44-36-49)73(55-23-9-7-10-24-55)61-29-17-21-47-19-13-15-27-59(47)61/h7-46H,1-6H3. The van der Waals surface area contributed by atoms with Gasteiger partial charge >= 0.3 is 0 Å². The lowest BCUT2D eigenvalue weighted by atomic mass is 9.86. The Labute approximate surface area is 444 Å². The summed E-state index contributed by atoms with van der Waals surface area (Å²) >= 11 is 1.78. The molecule has 0 radical (unpaired) electrons. The minimum Gasteiger partial charge on any atom is -0.310 e. The van der Waals surface area contributed by atoms with Crippen LogP contribution in [0.1, 0.15) is 52.7 Å². The molecule has 12 aromatic rings. The Bertz CT molecular complexity index is 3710. The van der Waals surface area contributed by atoms with Crippen LogP contribution in [-0.4, -0.2) is 9.97 Å². The van der Waals surface area contributed by atoms with Crippen molar-refractivity contribution in [3.8, 4) is 43.4 Å². The summed E-state index contributed by atoms with van der Waals surface area (Å²) in [7, 11) is 0. The van der Waals surface area contributed by atoms with Crippen molar-refractivity contribution in [1.29, 1.82) is 0 Å². The van der Waals surface area contributed by atoms with E-state index < -0.39 is 0 Å². The molecule has 0 spiro atoms. The van der Waals surface area contributed by atoms with Gasteiger partial charge < -0.3 is 9.80 Å². The Hall–Kier alpha value is -8.64. The lowest BCUT2D eigenvalue weighted by Crippen LogP contribution is -2.10. The van der Waals surface area contributed by atoms with Crippen molar-refractivity contribution in [3.05, 3.63) is 254 Å². The first-order valence-electron chi connectivity index (χ1n) is 25.9. The highest BCUT2D eigenvalue weighted by atomic mass is 32.1. The number of hydrogen-bond acceptors (Lipinski definition) is 5. The van der Waals surface area contributed by atoms with Gasteiger partial charge in [0, 0.05) is 44.6 Å². The third kappa shape index (κ3) is 9.15. The zero-order chi connectivity index (χ0) is 51.3. The summed E-state index contributed by atoms with van der Waals surface area (Å²) in [5.74, 6) is 0. The third-order valence-corrected chi connectivity index (χ3v) is 15.7. The lowest BCUT2D eigenvalue weighted by Gasteiger charge is -2.27. The van der Waals surface area contributed by atoms with Crippen LogP contribution in [-0.2, 0) is 10.8 Å². The summed E-state index contributed by atoms with van der Waals surface area (Å²) in [4.78, 5) is 18.5. The number of benzene rings is 10. The highest BCUT2D eigenvalue weighted by Crippen LogP contribution is 2.47. The van der Waals surface area contributed by atoms with Crippen LogP contribution in [0.4, 0.5) is 34.1 Å². The summed E-state index contributed by atoms with van der Waals surface area (Å²) in [6, 6.07) is 87.5. The smallest absolute Gasteiger partial charge is 0.109 e. The maximum atomic E-state index is 5.81. The summed E-state index contributed by atoms with van der Waals surface area (Å²) in [6.07, 6.45) is 0. The highest BCUT2D eigenvalue weighted by Gasteiger charge is 2.25. The fourth-order valence-corrected chi connectivity index (χ4v) is 11.5. The molecule has 0 saturated carbocycles. The van der Waals surface area contributed by atoms with Gasteiger partial charge in [0.1, 0.15) is 11.0 Å². The first-order valence-corrected chi connectivity index (χ1v) is 26.7. The minimum absolute atomic E-state index is 0.0241. The molecule has 0 aliphatic rings. The van der Waals surface area contributed by atoms with Crippen molar-refractivity contribution >= 4 is 78.0 Å². The van der Waals surface area contributed by atoms with Crippen molar-refractivity contribution in [2.45, 2.75) is 52.4 Å². The van der Waals surface area contributed by atoms with E-state index in [0.29, 0.717) is 0 Å². The second-order valence-electron chi connectivity index (χ2n) is 21.5. The molecule has 0 saturated heterocycles. The molecule has 0 unspecified atom stereocenters. The molecule has 12 rings (SSSR count). The number of thiophene rings is 1. The van der Waals surface area contributed by atoms with Crippen molar-refractivity contribution in [2.75, 3.05) is 9.80 Å². The number of fused-ring (bicyclic) bond motifs is 3. The fourth-order valence-electron chi connectivity index (χ4n) is 10.3. The first kappa shape index (κ1) is 47.4. The molecular weight excluding hydrogens is 929 g/mol. The SMILES string of the molecule is CC(C)(C)c1ccc(-c2sc(-c3ccc(C(C)(C)C)cc3)c3nc(-c4ccc(N(c5ccccc5)c5cccc6ccccc56)cc4)c(-c4ccc(N(c5ccccc5)c5cccc6ccccc56)cc4)nc23)cc1. The number of hydrogen-bond donors (Lipinski definition) is 0. The van der Waals surface area contributed by atoms with Crippen LogP contribution in [0.2, 0.25) is 0 Å². The first-order chi connectivity index (χ1) is 36.5. The number of rotatable bonds is 10. The molecule has 2 heterocycles. The largest absolute Gasteiger partial charge is 0.310 e. The average Bonchev–Trinajstić information content (AvgIpc) is 3.84. The van der Waals surface area contributed by atoms with Crippen LogP contribution < -0.4 is 9.80 Å². The van der Waals surface area contributed by atoms with Gasteiger partial charge in [-0.3, -0.25) is 0 Å². The maximum Gasteiger partial charge on any atom is 0.109 e. The normalized spacial score (nSPS) is 11.9. The van der Waals surface area contributed by atoms with Crippen LogP contribution in [0.3, 0.4) is 0 Å². The number of anilines is 6. The average molecular weight is 987 g/mol. The molecule has 10 aromatic carbocycles. The van der Waals surface area contributed by atoms with E-state index in [1.165, 1.54) is 32.7 Å². The Balaban J connectivity index is 1.06. The van der Waals surface area contributed by atoms with E-state index >= 15 is 0 Å².